The Morgan fingerprint density at radius 2 is 1.88 bits per heavy atom. The van der Waals surface area contributed by atoms with Gasteiger partial charge in [-0.15, -0.1) is 0 Å². The molecule has 0 saturated heterocycles. The number of hydrogen-bond donors (Lipinski definition) is 6. The molecule has 2 fully saturated rings. The lowest BCUT2D eigenvalue weighted by Crippen LogP contribution is -2.73. The van der Waals surface area contributed by atoms with E-state index >= 15 is 0 Å². The highest BCUT2D eigenvalue weighted by molar-refractivity contribution is 6.25. The van der Waals surface area contributed by atoms with Crippen molar-refractivity contribution in [2.75, 3.05) is 33.1 Å². The summed E-state index contributed by atoms with van der Waals surface area (Å²) >= 11 is 0. The maximum absolute atomic E-state index is 14.1. The third kappa shape index (κ3) is 4.32. The number of aromatic nitrogens is 1. The molecule has 1 aromatic heterocycles. The molecule has 12 nitrogen and oxygen atoms in total. The number of likely N-dealkylation sites (N-methyl/N-ethyl adjacent to an activating group) is 1. The number of aryl methyl sites for hydroxylation is 1. The molecule has 3 aliphatic carbocycles. The second kappa shape index (κ2) is 10.5. The summed E-state index contributed by atoms with van der Waals surface area (Å²) in [4.78, 5) is 43.3. The van der Waals surface area contributed by atoms with Crippen molar-refractivity contribution in [2.45, 2.75) is 43.7 Å². The van der Waals surface area contributed by atoms with Gasteiger partial charge in [-0.3, -0.25) is 14.4 Å². The molecule has 1 heterocycles. The van der Waals surface area contributed by atoms with Crippen molar-refractivity contribution in [1.82, 2.24) is 14.8 Å². The Hall–Kier alpha value is -3.71. The predicted molar refractivity (Wildman–Crippen MR) is 154 cm³/mol. The fraction of sp³-hybridized carbons (Fsp3) is 0.500. The molecule has 2 saturated carbocycles. The Bertz CT molecular complexity index is 1490. The van der Waals surface area contributed by atoms with Crippen LogP contribution in [0.15, 0.2) is 30.0 Å². The van der Waals surface area contributed by atoms with Crippen LogP contribution in [-0.4, -0.2) is 93.3 Å². The highest BCUT2D eigenvalue weighted by Crippen LogP contribution is 2.53. The molecule has 0 spiro atoms. The molecule has 0 bridgehead atoms. The summed E-state index contributed by atoms with van der Waals surface area (Å²) in [6.45, 7) is 0.791. The van der Waals surface area contributed by atoms with Crippen LogP contribution in [0.2, 0.25) is 0 Å². The highest BCUT2D eigenvalue weighted by atomic mass is 16.3. The summed E-state index contributed by atoms with van der Waals surface area (Å²) in [5.74, 6) is -7.51. The van der Waals surface area contributed by atoms with Crippen LogP contribution >= 0.6 is 0 Å². The van der Waals surface area contributed by atoms with E-state index in [4.69, 9.17) is 5.73 Å². The van der Waals surface area contributed by atoms with Crippen molar-refractivity contribution in [1.29, 1.82) is 0 Å². The van der Waals surface area contributed by atoms with Crippen molar-refractivity contribution < 1.29 is 34.8 Å². The van der Waals surface area contributed by atoms with Crippen molar-refractivity contribution in [3.05, 3.63) is 52.4 Å². The number of primary amides is 1. The van der Waals surface area contributed by atoms with Gasteiger partial charge in [-0.05, 0) is 56.6 Å². The van der Waals surface area contributed by atoms with Crippen LogP contribution in [0.3, 0.4) is 0 Å². The molecule has 3 aliphatic rings. The van der Waals surface area contributed by atoms with E-state index < -0.39 is 58.7 Å². The SMILES string of the molecule is CN(C)c1cc(CNCc2cccn2C)c(O)c2c1C[C@@H]1C[C@@H]3[C@@H](N(C)C)C(O)C(C(N)=O)C(=O)[C@]3(O)C(=O)C1=C2O. The van der Waals surface area contributed by atoms with Gasteiger partial charge in [0.1, 0.15) is 17.4 Å². The molecule has 0 aliphatic heterocycles. The van der Waals surface area contributed by atoms with Gasteiger partial charge in [-0.1, -0.05) is 0 Å². The maximum Gasteiger partial charge on any atom is 0.230 e. The zero-order chi connectivity index (χ0) is 30.8. The standard InChI is InChI=1S/C30H39N5O7/c1-33(2)19-11-15(12-32-13-16-7-6-8-35(16)5)24(36)21-17(19)9-14-10-18-23(34(3)4)26(38)22(29(31)41)28(40)30(18,42)27(39)20(14)25(21)37/h6-8,11,14,18,22-23,26,32,36-38,42H,9-10,12-13H2,1-5H3,(H2,31,41)/t14-,18-,22?,23-,26?,30-/m1/s1. The zero-order valence-corrected chi connectivity index (χ0v) is 24.5. The number of nitrogens with two attached hydrogens (primary N) is 1. The van der Waals surface area contributed by atoms with Gasteiger partial charge in [0.05, 0.1) is 11.7 Å². The molecule has 0 radical (unpaired) electrons. The Balaban J connectivity index is 1.60. The quantitative estimate of drug-likeness (QED) is 0.240. The van der Waals surface area contributed by atoms with Crippen LogP contribution in [0.1, 0.15) is 28.8 Å². The molecular weight excluding hydrogens is 542 g/mol. The number of ketones is 2. The fourth-order valence-corrected chi connectivity index (χ4v) is 7.25. The van der Waals surface area contributed by atoms with Crippen molar-refractivity contribution in [3.63, 3.8) is 0 Å². The third-order valence-electron chi connectivity index (χ3n) is 9.30. The van der Waals surface area contributed by atoms with E-state index in [2.05, 4.69) is 5.32 Å². The Morgan fingerprint density at radius 3 is 2.45 bits per heavy atom. The molecule has 2 unspecified atom stereocenters. The summed E-state index contributed by atoms with van der Waals surface area (Å²) in [6.07, 6.45) is 0.730. The molecule has 7 N–H and O–H groups in total. The monoisotopic (exact) mass is 581 g/mol. The lowest BCUT2D eigenvalue weighted by Gasteiger charge is -2.53. The lowest BCUT2D eigenvalue weighted by molar-refractivity contribution is -0.184. The number of nitrogens with zero attached hydrogens (tertiary/aromatic N) is 3. The van der Waals surface area contributed by atoms with E-state index in [0.29, 0.717) is 17.7 Å². The van der Waals surface area contributed by atoms with E-state index in [9.17, 15) is 34.8 Å². The number of aromatic hydroxyl groups is 1. The van der Waals surface area contributed by atoms with E-state index in [1.54, 1.807) is 19.0 Å². The molecule has 226 valence electrons. The number of nitrogens with one attached hydrogen (secondary N) is 1. The smallest absolute Gasteiger partial charge is 0.230 e. The Labute approximate surface area is 244 Å². The van der Waals surface area contributed by atoms with Crippen LogP contribution in [0, 0.1) is 17.8 Å². The number of rotatable bonds is 7. The average molecular weight is 582 g/mol. The summed E-state index contributed by atoms with van der Waals surface area (Å²) in [7, 11) is 8.87. The number of aliphatic hydroxyl groups is 3. The first-order valence-electron chi connectivity index (χ1n) is 14.0. The van der Waals surface area contributed by atoms with Gasteiger partial charge in [-0.2, -0.15) is 0 Å². The third-order valence-corrected chi connectivity index (χ3v) is 9.30. The maximum atomic E-state index is 14.1. The van der Waals surface area contributed by atoms with Gasteiger partial charge in [0.2, 0.25) is 11.7 Å². The van der Waals surface area contributed by atoms with Crippen molar-refractivity contribution in [2.24, 2.45) is 30.5 Å². The minimum Gasteiger partial charge on any atom is -0.507 e. The average Bonchev–Trinajstić information content (AvgIpc) is 3.31. The van der Waals surface area contributed by atoms with Crippen molar-refractivity contribution in [3.8, 4) is 5.75 Å². The number of fused-ring (bicyclic) bond motifs is 3. The number of amides is 1. The van der Waals surface area contributed by atoms with Gasteiger partial charge in [0.15, 0.2) is 11.4 Å². The zero-order valence-electron chi connectivity index (χ0n) is 24.5. The van der Waals surface area contributed by atoms with Crippen LogP contribution in [-0.2, 0) is 40.9 Å². The lowest BCUT2D eigenvalue weighted by atomic mass is 9.54. The number of phenols is 1. The molecule has 1 amide bonds. The number of carbonyl (C=O) groups is 3. The minimum absolute atomic E-state index is 0.0752. The number of aliphatic hydroxyl groups excluding tert-OH is 2. The molecular formula is C30H39N5O7. The second-order valence-electron chi connectivity index (χ2n) is 12.2. The van der Waals surface area contributed by atoms with Gasteiger partial charge in [0.25, 0.3) is 0 Å². The molecule has 5 rings (SSSR count). The molecule has 6 atom stereocenters. The second-order valence-corrected chi connectivity index (χ2v) is 12.2. The van der Waals surface area contributed by atoms with Gasteiger partial charge in [-0.25, -0.2) is 0 Å². The number of phenolic OH excluding ortho intramolecular Hbond substituents is 1. The number of carbonyl (C=O) groups excluding carboxylic acids is 3. The fourth-order valence-electron chi connectivity index (χ4n) is 7.25. The Morgan fingerprint density at radius 1 is 1.19 bits per heavy atom. The number of hydrogen-bond acceptors (Lipinski definition) is 10. The van der Waals surface area contributed by atoms with Crippen LogP contribution < -0.4 is 16.0 Å². The molecule has 1 aromatic carbocycles. The van der Waals surface area contributed by atoms with E-state index in [0.717, 1.165) is 11.4 Å². The normalized spacial score (nSPS) is 28.9. The van der Waals surface area contributed by atoms with E-state index in [1.165, 1.54) is 0 Å². The van der Waals surface area contributed by atoms with Gasteiger partial charge >= 0.3 is 0 Å². The largest absolute Gasteiger partial charge is 0.507 e. The van der Waals surface area contributed by atoms with Crippen LogP contribution in [0.25, 0.3) is 5.76 Å². The molecule has 2 aromatic rings. The van der Waals surface area contributed by atoms with E-state index in [-0.39, 0.29) is 36.3 Å². The first-order valence-corrected chi connectivity index (χ1v) is 14.0. The van der Waals surface area contributed by atoms with Crippen LogP contribution in [0.5, 0.6) is 5.75 Å². The van der Waals surface area contributed by atoms with Gasteiger partial charge in [0, 0.05) is 74.9 Å². The van der Waals surface area contributed by atoms with Gasteiger partial charge < -0.3 is 45.8 Å². The first-order chi connectivity index (χ1) is 19.7. The van der Waals surface area contributed by atoms with Crippen molar-refractivity contribution >= 4 is 28.9 Å². The minimum atomic E-state index is -2.68. The topological polar surface area (TPSA) is 182 Å². The highest BCUT2D eigenvalue weighted by Gasteiger charge is 2.67. The summed E-state index contributed by atoms with van der Waals surface area (Å²) < 4.78 is 1.98. The molecule has 42 heavy (non-hydrogen) atoms. The summed E-state index contributed by atoms with van der Waals surface area (Å²) in [5, 5.41) is 49.2. The molecule has 12 heteroatoms. The van der Waals surface area contributed by atoms with E-state index in [1.807, 2.05) is 55.0 Å². The summed E-state index contributed by atoms with van der Waals surface area (Å²) in [5.41, 5.74) is 5.60. The number of benzene rings is 1. The Kier molecular flexibility index (Phi) is 7.46. The predicted octanol–water partition coefficient (Wildman–Crippen LogP) is -0.177. The van der Waals surface area contributed by atoms with Crippen LogP contribution in [0.4, 0.5) is 5.69 Å². The number of anilines is 1. The number of Topliss-reactive ketones (excluding diaryl/α,β-unsaturated/α-hetero) is 2. The summed E-state index contributed by atoms with van der Waals surface area (Å²) in [6, 6.07) is 4.82. The first kappa shape index (κ1) is 29.8.